The van der Waals surface area contributed by atoms with Gasteiger partial charge in [-0.1, -0.05) is 35.9 Å². The summed E-state index contributed by atoms with van der Waals surface area (Å²) in [6.45, 7) is 6.23. The lowest BCUT2D eigenvalue weighted by atomic mass is 10.1. The van der Waals surface area contributed by atoms with Crippen LogP contribution in [0.5, 0.6) is 0 Å². The van der Waals surface area contributed by atoms with Crippen LogP contribution in [0.4, 0.5) is 13.2 Å². The van der Waals surface area contributed by atoms with Gasteiger partial charge < -0.3 is 4.57 Å². The Balaban J connectivity index is 2.00. The SMILES string of the molecule is Cc1cc(C)c(S(=O)(=O)NC(Cn2ccc3cccc(C)c32)C(F)(F)F)c(C)c1. The summed E-state index contributed by atoms with van der Waals surface area (Å²) in [7, 11) is -4.37. The summed E-state index contributed by atoms with van der Waals surface area (Å²) in [5.41, 5.74) is 3.15. The Morgan fingerprint density at radius 1 is 1.00 bits per heavy atom. The van der Waals surface area contributed by atoms with Gasteiger partial charge in [0.15, 0.2) is 0 Å². The van der Waals surface area contributed by atoms with Crippen molar-refractivity contribution in [3.8, 4) is 0 Å². The zero-order valence-corrected chi connectivity index (χ0v) is 17.4. The number of para-hydroxylation sites is 1. The van der Waals surface area contributed by atoms with Crippen LogP contribution in [0.1, 0.15) is 22.3 Å². The van der Waals surface area contributed by atoms with E-state index in [2.05, 4.69) is 0 Å². The molecule has 0 fully saturated rings. The molecule has 0 bridgehead atoms. The van der Waals surface area contributed by atoms with Crippen molar-refractivity contribution >= 4 is 20.9 Å². The molecule has 0 aliphatic carbocycles. The van der Waals surface area contributed by atoms with Crippen LogP contribution in [-0.4, -0.2) is 25.2 Å². The number of hydrogen-bond donors (Lipinski definition) is 1. The van der Waals surface area contributed by atoms with Crippen molar-refractivity contribution in [3.63, 3.8) is 0 Å². The summed E-state index contributed by atoms with van der Waals surface area (Å²) >= 11 is 0. The molecule has 1 atom stereocenters. The number of aromatic nitrogens is 1. The predicted octanol–water partition coefficient (Wildman–Crippen LogP) is 4.78. The second-order valence-corrected chi connectivity index (χ2v) is 9.07. The minimum Gasteiger partial charge on any atom is -0.345 e. The highest BCUT2D eigenvalue weighted by Gasteiger charge is 2.43. The molecule has 8 heteroatoms. The molecule has 4 nitrogen and oxygen atoms in total. The number of rotatable bonds is 5. The molecule has 3 rings (SSSR count). The van der Waals surface area contributed by atoms with E-state index < -0.39 is 28.8 Å². The smallest absolute Gasteiger partial charge is 0.345 e. The van der Waals surface area contributed by atoms with E-state index in [4.69, 9.17) is 0 Å². The maximum Gasteiger partial charge on any atom is 0.406 e. The average Bonchev–Trinajstić information content (AvgIpc) is 2.96. The number of nitrogens with one attached hydrogen (secondary N) is 1. The summed E-state index contributed by atoms with van der Waals surface area (Å²) in [5.74, 6) is 0. The molecule has 1 aromatic heterocycles. The van der Waals surface area contributed by atoms with Gasteiger partial charge in [-0.05, 0) is 55.8 Å². The minimum absolute atomic E-state index is 0.106. The van der Waals surface area contributed by atoms with Gasteiger partial charge in [0.25, 0.3) is 0 Å². The molecule has 1 heterocycles. The van der Waals surface area contributed by atoms with Crippen molar-refractivity contribution < 1.29 is 21.6 Å². The Bertz CT molecular complexity index is 1140. The van der Waals surface area contributed by atoms with Crippen LogP contribution in [0.15, 0.2) is 47.5 Å². The van der Waals surface area contributed by atoms with Crippen molar-refractivity contribution in [1.29, 1.82) is 0 Å². The number of sulfonamides is 1. The highest BCUT2D eigenvalue weighted by atomic mass is 32.2. The molecule has 0 radical (unpaired) electrons. The first-order valence-electron chi connectivity index (χ1n) is 9.11. The summed E-state index contributed by atoms with van der Waals surface area (Å²) < 4.78 is 70.5. The van der Waals surface area contributed by atoms with Crippen LogP contribution >= 0.6 is 0 Å². The van der Waals surface area contributed by atoms with Crippen LogP contribution in [0.3, 0.4) is 0 Å². The first-order chi connectivity index (χ1) is 13.4. The standard InChI is InChI=1S/C21H23F3N2O2S/c1-13-10-15(3)20(16(4)11-13)29(27,28)25-18(21(22,23)24)12-26-9-8-17-7-5-6-14(2)19(17)26/h5-11,18,25H,12H2,1-4H3. The van der Waals surface area contributed by atoms with Gasteiger partial charge in [-0.25, -0.2) is 8.42 Å². The summed E-state index contributed by atoms with van der Waals surface area (Å²) in [5, 5.41) is 0.805. The molecule has 2 aromatic carbocycles. The molecule has 0 spiro atoms. The molecule has 3 aromatic rings. The molecule has 1 unspecified atom stereocenters. The fourth-order valence-electron chi connectivity index (χ4n) is 3.85. The van der Waals surface area contributed by atoms with Gasteiger partial charge >= 0.3 is 6.18 Å². The van der Waals surface area contributed by atoms with E-state index in [1.54, 1.807) is 38.2 Å². The zero-order chi connectivity index (χ0) is 21.6. The van der Waals surface area contributed by atoms with Crippen molar-refractivity contribution in [2.75, 3.05) is 0 Å². The highest BCUT2D eigenvalue weighted by Crippen LogP contribution is 2.28. The Morgan fingerprint density at radius 3 is 2.21 bits per heavy atom. The minimum atomic E-state index is -4.75. The van der Waals surface area contributed by atoms with Crippen LogP contribution in [0.2, 0.25) is 0 Å². The second kappa shape index (κ2) is 7.50. The molecule has 0 saturated carbocycles. The molecule has 156 valence electrons. The van der Waals surface area contributed by atoms with Crippen molar-refractivity contribution in [1.82, 2.24) is 9.29 Å². The molecule has 29 heavy (non-hydrogen) atoms. The number of halogens is 3. The van der Waals surface area contributed by atoms with E-state index in [0.29, 0.717) is 16.6 Å². The normalized spacial score (nSPS) is 13.8. The molecule has 0 amide bonds. The van der Waals surface area contributed by atoms with Gasteiger partial charge in [0.05, 0.1) is 10.4 Å². The lowest BCUT2D eigenvalue weighted by Gasteiger charge is -2.24. The Kier molecular flexibility index (Phi) is 5.53. The quantitative estimate of drug-likeness (QED) is 0.641. The number of nitrogens with zero attached hydrogens (tertiary/aromatic N) is 1. The fraction of sp³-hybridized carbons (Fsp3) is 0.333. The second-order valence-electron chi connectivity index (χ2n) is 7.42. The maximum atomic E-state index is 13.8. The lowest BCUT2D eigenvalue weighted by Crippen LogP contribution is -2.48. The van der Waals surface area contributed by atoms with Crippen molar-refractivity contribution in [2.45, 2.75) is 51.4 Å². The first kappa shape index (κ1) is 21.4. The van der Waals surface area contributed by atoms with E-state index in [9.17, 15) is 21.6 Å². The molecule has 0 aliphatic rings. The number of hydrogen-bond acceptors (Lipinski definition) is 2. The third-order valence-electron chi connectivity index (χ3n) is 4.94. The largest absolute Gasteiger partial charge is 0.406 e. The lowest BCUT2D eigenvalue weighted by molar-refractivity contribution is -0.154. The number of alkyl halides is 3. The third-order valence-corrected chi connectivity index (χ3v) is 6.71. The summed E-state index contributed by atoms with van der Waals surface area (Å²) in [6, 6.07) is 8.20. The number of aryl methyl sites for hydroxylation is 4. The topological polar surface area (TPSA) is 51.1 Å². The summed E-state index contributed by atoms with van der Waals surface area (Å²) in [4.78, 5) is -0.106. The predicted molar refractivity (Wildman–Crippen MR) is 107 cm³/mol. The maximum absolute atomic E-state index is 13.8. The van der Waals surface area contributed by atoms with E-state index in [1.807, 2.05) is 36.8 Å². The Hall–Kier alpha value is -2.32. The van der Waals surface area contributed by atoms with Crippen molar-refractivity contribution in [3.05, 3.63) is 64.8 Å². The summed E-state index contributed by atoms with van der Waals surface area (Å²) in [6.07, 6.45) is -3.20. The fourth-order valence-corrected chi connectivity index (χ4v) is 5.51. The van der Waals surface area contributed by atoms with E-state index in [-0.39, 0.29) is 4.90 Å². The van der Waals surface area contributed by atoms with Crippen LogP contribution in [0, 0.1) is 27.7 Å². The monoisotopic (exact) mass is 424 g/mol. The van der Waals surface area contributed by atoms with Crippen LogP contribution < -0.4 is 4.72 Å². The average molecular weight is 424 g/mol. The van der Waals surface area contributed by atoms with Crippen LogP contribution in [-0.2, 0) is 16.6 Å². The number of fused-ring (bicyclic) bond motifs is 1. The van der Waals surface area contributed by atoms with Gasteiger partial charge in [-0.2, -0.15) is 17.9 Å². The molecule has 0 saturated heterocycles. The molecule has 1 N–H and O–H groups in total. The van der Waals surface area contributed by atoms with Crippen LogP contribution in [0.25, 0.3) is 10.9 Å². The van der Waals surface area contributed by atoms with Gasteiger partial charge in [-0.3, -0.25) is 0 Å². The molecular formula is C21H23F3N2O2S. The van der Waals surface area contributed by atoms with Gasteiger partial charge in [0, 0.05) is 12.7 Å². The Labute approximate surface area is 168 Å². The molecule has 0 aliphatic heterocycles. The Morgan fingerprint density at radius 2 is 1.62 bits per heavy atom. The van der Waals surface area contributed by atoms with Crippen molar-refractivity contribution in [2.24, 2.45) is 0 Å². The van der Waals surface area contributed by atoms with E-state index in [1.165, 1.54) is 4.57 Å². The van der Waals surface area contributed by atoms with Gasteiger partial charge in [0.2, 0.25) is 10.0 Å². The van der Waals surface area contributed by atoms with E-state index >= 15 is 0 Å². The zero-order valence-electron chi connectivity index (χ0n) is 16.6. The first-order valence-corrected chi connectivity index (χ1v) is 10.6. The third kappa shape index (κ3) is 4.33. The van der Waals surface area contributed by atoms with Gasteiger partial charge in [0.1, 0.15) is 6.04 Å². The highest BCUT2D eigenvalue weighted by molar-refractivity contribution is 7.89. The van der Waals surface area contributed by atoms with E-state index in [0.717, 1.165) is 16.5 Å². The number of benzene rings is 2. The molecular weight excluding hydrogens is 401 g/mol. The van der Waals surface area contributed by atoms with Gasteiger partial charge in [-0.15, -0.1) is 0 Å².